The van der Waals surface area contributed by atoms with Crippen LogP contribution in [-0.4, -0.2) is 27.9 Å². The fourth-order valence-electron chi connectivity index (χ4n) is 4.73. The van der Waals surface area contributed by atoms with Crippen LogP contribution in [0.5, 0.6) is 0 Å². The van der Waals surface area contributed by atoms with Gasteiger partial charge in [0.2, 0.25) is 11.8 Å². The molecule has 1 fully saturated rings. The highest BCUT2D eigenvalue weighted by molar-refractivity contribution is 6.01. The van der Waals surface area contributed by atoms with E-state index in [1.165, 1.54) is 12.5 Å². The first-order valence-electron chi connectivity index (χ1n) is 10.3. The number of aromatic nitrogens is 2. The molecule has 4 aromatic rings. The van der Waals surface area contributed by atoms with Gasteiger partial charge in [0.05, 0.1) is 11.1 Å². The van der Waals surface area contributed by atoms with Crippen molar-refractivity contribution in [2.24, 2.45) is 0 Å². The normalized spacial score (nSPS) is 16.7. The van der Waals surface area contributed by atoms with Gasteiger partial charge < -0.3 is 19.6 Å². The number of carbonyl (C=O) groups excluding carboxylic acids is 2. The fourth-order valence-corrected chi connectivity index (χ4v) is 4.73. The highest BCUT2D eigenvalue weighted by atomic mass is 16.3. The van der Waals surface area contributed by atoms with Crippen LogP contribution in [0.15, 0.2) is 59.5 Å². The predicted octanol–water partition coefficient (Wildman–Crippen LogP) is 4.20. The Morgan fingerprint density at radius 3 is 2.87 bits per heavy atom. The minimum atomic E-state index is -0.277. The molecule has 0 unspecified atom stereocenters. The van der Waals surface area contributed by atoms with E-state index in [0.717, 1.165) is 35.0 Å². The molecule has 2 amide bonds. The van der Waals surface area contributed by atoms with Crippen LogP contribution in [0.3, 0.4) is 0 Å². The molecular weight excluding hydrogens is 392 g/mol. The van der Waals surface area contributed by atoms with Crippen LogP contribution in [0.2, 0.25) is 0 Å². The molecule has 1 aliphatic carbocycles. The zero-order valence-corrected chi connectivity index (χ0v) is 16.8. The molecule has 1 saturated carbocycles. The summed E-state index contributed by atoms with van der Waals surface area (Å²) in [5, 5.41) is 6.82. The zero-order valence-electron chi connectivity index (χ0n) is 16.8. The van der Waals surface area contributed by atoms with Crippen molar-refractivity contribution in [2.45, 2.75) is 24.8 Å². The number of nitrogens with one attached hydrogen (secondary N) is 2. The third-order valence-electron chi connectivity index (χ3n) is 6.46. The maximum Gasteiger partial charge on any atom is 0.268 e. The molecule has 1 aliphatic heterocycles. The molecule has 0 saturated heterocycles. The van der Waals surface area contributed by atoms with Crippen molar-refractivity contribution >= 4 is 39.5 Å². The lowest BCUT2D eigenvalue weighted by atomic mass is 9.75. The summed E-state index contributed by atoms with van der Waals surface area (Å²) in [7, 11) is 0. The number of anilines is 1. The minimum Gasteiger partial charge on any atom is -0.436 e. The van der Waals surface area contributed by atoms with Gasteiger partial charge in [-0.15, -0.1) is 0 Å². The van der Waals surface area contributed by atoms with Crippen LogP contribution in [0.1, 0.15) is 29.8 Å². The topological polar surface area (TPSA) is 89.2 Å². The van der Waals surface area contributed by atoms with Crippen LogP contribution >= 0.6 is 0 Å². The summed E-state index contributed by atoms with van der Waals surface area (Å²) < 4.78 is 8.21. The van der Waals surface area contributed by atoms with Gasteiger partial charge in [-0.3, -0.25) is 9.59 Å². The van der Waals surface area contributed by atoms with Gasteiger partial charge in [0.1, 0.15) is 11.2 Å². The number of oxazole rings is 1. The van der Waals surface area contributed by atoms with Crippen molar-refractivity contribution in [1.82, 2.24) is 14.9 Å². The molecule has 2 aromatic carbocycles. The lowest BCUT2D eigenvalue weighted by Gasteiger charge is -2.47. The molecule has 1 spiro atoms. The van der Waals surface area contributed by atoms with Crippen molar-refractivity contribution in [3.05, 3.63) is 60.8 Å². The number of hydrogen-bond donors (Lipinski definition) is 2. The molecule has 31 heavy (non-hydrogen) atoms. The summed E-state index contributed by atoms with van der Waals surface area (Å²) in [6, 6.07) is 13.3. The molecule has 0 atom stereocenters. The summed E-state index contributed by atoms with van der Waals surface area (Å²) in [6.45, 7) is 4.14. The van der Waals surface area contributed by atoms with E-state index in [4.69, 9.17) is 4.42 Å². The van der Waals surface area contributed by atoms with Gasteiger partial charge in [-0.05, 0) is 61.7 Å². The third-order valence-corrected chi connectivity index (χ3v) is 6.46. The molecule has 0 radical (unpaired) electrons. The van der Waals surface area contributed by atoms with Crippen LogP contribution in [0, 0.1) is 0 Å². The van der Waals surface area contributed by atoms with Gasteiger partial charge in [-0.1, -0.05) is 12.6 Å². The van der Waals surface area contributed by atoms with Crippen molar-refractivity contribution in [3.63, 3.8) is 0 Å². The summed E-state index contributed by atoms with van der Waals surface area (Å²) in [4.78, 5) is 28.7. The monoisotopic (exact) mass is 412 g/mol. The highest BCUT2D eigenvalue weighted by Crippen LogP contribution is 2.44. The van der Waals surface area contributed by atoms with E-state index >= 15 is 0 Å². The van der Waals surface area contributed by atoms with Gasteiger partial charge in [-0.2, -0.15) is 0 Å². The number of hydrogen-bond acceptors (Lipinski definition) is 4. The zero-order chi connectivity index (χ0) is 21.2. The van der Waals surface area contributed by atoms with E-state index in [9.17, 15) is 9.59 Å². The Kier molecular flexibility index (Phi) is 3.65. The Morgan fingerprint density at radius 2 is 2.10 bits per heavy atom. The highest BCUT2D eigenvalue weighted by Gasteiger charge is 2.44. The smallest absolute Gasteiger partial charge is 0.268 e. The quantitative estimate of drug-likeness (QED) is 0.494. The average Bonchev–Trinajstić information content (AvgIpc) is 3.34. The van der Waals surface area contributed by atoms with Gasteiger partial charge in [-0.25, -0.2) is 4.98 Å². The molecular formula is C24H20N4O3. The van der Waals surface area contributed by atoms with Gasteiger partial charge in [0.25, 0.3) is 5.91 Å². The van der Waals surface area contributed by atoms with E-state index in [2.05, 4.69) is 32.8 Å². The largest absolute Gasteiger partial charge is 0.436 e. The Bertz CT molecular complexity index is 1410. The number of fused-ring (bicyclic) bond motifs is 5. The first kappa shape index (κ1) is 17.9. The lowest BCUT2D eigenvalue weighted by Crippen LogP contribution is -2.55. The Labute approximate surface area is 177 Å². The summed E-state index contributed by atoms with van der Waals surface area (Å²) in [5.74, 6) is 0.203. The average molecular weight is 412 g/mol. The minimum absolute atomic E-state index is 0.0220. The maximum atomic E-state index is 12.5. The Balaban J connectivity index is 1.45. The molecule has 7 heteroatoms. The molecule has 2 N–H and O–H groups in total. The lowest BCUT2D eigenvalue weighted by molar-refractivity contribution is -0.111. The van der Waals surface area contributed by atoms with Crippen LogP contribution < -0.4 is 10.6 Å². The summed E-state index contributed by atoms with van der Waals surface area (Å²) in [6.07, 6.45) is 4.53. The standard InChI is InChI=1S/C24H20N4O3/c1-2-21(29)26-16-6-7-20-17(12-16)27-23(31-20)15-5-4-14-10-19-22(30)25-13-24(8-3-9-24)28(19)18(14)11-15/h2,4-7,10-12H,1,3,8-9,13H2,(H,25,30)(H,26,29). The molecule has 2 aromatic heterocycles. The number of benzene rings is 2. The van der Waals surface area contributed by atoms with E-state index < -0.39 is 0 Å². The van der Waals surface area contributed by atoms with E-state index in [1.807, 2.05) is 18.2 Å². The van der Waals surface area contributed by atoms with E-state index in [-0.39, 0.29) is 17.4 Å². The van der Waals surface area contributed by atoms with Gasteiger partial charge >= 0.3 is 0 Å². The molecule has 0 bridgehead atoms. The van der Waals surface area contributed by atoms with Crippen LogP contribution in [-0.2, 0) is 10.3 Å². The van der Waals surface area contributed by atoms with Crippen molar-refractivity contribution in [1.29, 1.82) is 0 Å². The molecule has 3 heterocycles. The summed E-state index contributed by atoms with van der Waals surface area (Å²) in [5.41, 5.74) is 4.50. The second kappa shape index (κ2) is 6.31. The molecule has 154 valence electrons. The van der Waals surface area contributed by atoms with E-state index in [1.54, 1.807) is 18.2 Å². The number of nitrogens with zero attached hydrogens (tertiary/aromatic N) is 2. The second-order valence-corrected chi connectivity index (χ2v) is 8.29. The van der Waals surface area contributed by atoms with Crippen LogP contribution in [0.25, 0.3) is 33.5 Å². The number of carbonyl (C=O) groups is 2. The second-order valence-electron chi connectivity index (χ2n) is 8.29. The van der Waals surface area contributed by atoms with Crippen molar-refractivity contribution in [3.8, 4) is 11.5 Å². The van der Waals surface area contributed by atoms with Crippen LogP contribution in [0.4, 0.5) is 5.69 Å². The van der Waals surface area contributed by atoms with Crippen molar-refractivity contribution in [2.75, 3.05) is 11.9 Å². The first-order chi connectivity index (χ1) is 15.1. The fraction of sp³-hybridized carbons (Fsp3) is 0.208. The van der Waals surface area contributed by atoms with Gasteiger partial charge in [0.15, 0.2) is 5.58 Å². The third kappa shape index (κ3) is 2.63. The number of rotatable bonds is 3. The predicted molar refractivity (Wildman–Crippen MR) is 118 cm³/mol. The molecule has 2 aliphatic rings. The Morgan fingerprint density at radius 1 is 1.23 bits per heavy atom. The summed E-state index contributed by atoms with van der Waals surface area (Å²) >= 11 is 0. The van der Waals surface area contributed by atoms with Crippen molar-refractivity contribution < 1.29 is 14.0 Å². The molecule has 6 rings (SSSR count). The SMILES string of the molecule is C=CC(=O)Nc1ccc2oc(-c3ccc4cc5n(c4c3)C3(CCC3)CNC5=O)nc2c1. The van der Waals surface area contributed by atoms with E-state index in [0.29, 0.717) is 29.2 Å². The molecule has 7 nitrogen and oxygen atoms in total. The maximum absolute atomic E-state index is 12.5. The Hall–Kier alpha value is -3.87. The number of amides is 2. The first-order valence-corrected chi connectivity index (χ1v) is 10.3. The van der Waals surface area contributed by atoms with Gasteiger partial charge in [0, 0.05) is 23.2 Å².